The van der Waals surface area contributed by atoms with Gasteiger partial charge in [0.2, 0.25) is 0 Å². The molecule has 4 aromatic rings. The summed E-state index contributed by atoms with van der Waals surface area (Å²) >= 11 is 0. The Balaban J connectivity index is 2.11. The fourth-order valence-electron chi connectivity index (χ4n) is 3.52. The largest absolute Gasteiger partial charge is 0.300 e. The molecule has 0 amide bonds. The highest BCUT2D eigenvalue weighted by Crippen LogP contribution is 2.33. The van der Waals surface area contributed by atoms with Crippen LogP contribution in [0.2, 0.25) is 0 Å². The van der Waals surface area contributed by atoms with Crippen molar-refractivity contribution in [3.05, 3.63) is 65.5 Å². The summed E-state index contributed by atoms with van der Waals surface area (Å²) < 4.78 is 2.25. The van der Waals surface area contributed by atoms with Gasteiger partial charge in [0.05, 0.1) is 11.2 Å². The molecule has 2 nitrogen and oxygen atoms in total. The maximum Gasteiger partial charge on any atom is 0.145 e. The van der Waals surface area contributed by atoms with E-state index in [-0.39, 0.29) is 0 Å². The van der Waals surface area contributed by atoms with Gasteiger partial charge in [-0.2, -0.15) is 0 Å². The molecule has 0 saturated heterocycles. The van der Waals surface area contributed by atoms with Crippen molar-refractivity contribution < 1.29 is 0 Å². The maximum absolute atomic E-state index is 4.93. The predicted octanol–water partition coefficient (Wildman–Crippen LogP) is 4.60. The summed E-state index contributed by atoms with van der Waals surface area (Å²) in [7, 11) is 0. The van der Waals surface area contributed by atoms with E-state index in [2.05, 4.69) is 66.1 Å². The number of allylic oxidation sites excluding steroid dienone is 1. The van der Waals surface area contributed by atoms with E-state index in [0.717, 1.165) is 17.6 Å². The molecule has 5 rings (SSSR count). The highest BCUT2D eigenvalue weighted by Gasteiger charge is 2.17. The van der Waals surface area contributed by atoms with Crippen molar-refractivity contribution in [1.29, 1.82) is 0 Å². The van der Waals surface area contributed by atoms with E-state index in [1.807, 2.05) is 0 Å². The monoisotopic (exact) mass is 270 g/mol. The minimum Gasteiger partial charge on any atom is -0.300 e. The zero-order valence-corrected chi connectivity index (χ0v) is 11.8. The molecule has 2 heteroatoms. The number of benzene rings is 2. The summed E-state index contributed by atoms with van der Waals surface area (Å²) in [6.07, 6.45) is 5.54. The van der Waals surface area contributed by atoms with Crippen LogP contribution in [0.4, 0.5) is 0 Å². The van der Waals surface area contributed by atoms with Crippen LogP contribution in [0.15, 0.2) is 54.2 Å². The van der Waals surface area contributed by atoms with Crippen LogP contribution in [0, 0.1) is 0 Å². The molecule has 21 heavy (non-hydrogen) atoms. The smallest absolute Gasteiger partial charge is 0.145 e. The van der Waals surface area contributed by atoms with Crippen molar-refractivity contribution in [3.8, 4) is 0 Å². The summed E-state index contributed by atoms with van der Waals surface area (Å²) in [5.74, 6) is 0. The third-order valence-electron chi connectivity index (χ3n) is 4.42. The van der Waals surface area contributed by atoms with Gasteiger partial charge >= 0.3 is 0 Å². The molecule has 2 aromatic carbocycles. The number of nitrogens with zero attached hydrogens (tertiary/aromatic N) is 2. The molecular weight excluding hydrogens is 256 g/mol. The molecule has 0 bridgehead atoms. The van der Waals surface area contributed by atoms with Gasteiger partial charge in [-0.15, -0.1) is 0 Å². The van der Waals surface area contributed by atoms with Gasteiger partial charge in [-0.3, -0.25) is 4.40 Å². The van der Waals surface area contributed by atoms with Gasteiger partial charge in [0, 0.05) is 22.4 Å². The molecule has 1 aliphatic carbocycles. The van der Waals surface area contributed by atoms with Crippen molar-refractivity contribution in [2.45, 2.75) is 13.3 Å². The normalized spacial score (nSPS) is 14.0. The van der Waals surface area contributed by atoms with Gasteiger partial charge in [-0.1, -0.05) is 42.0 Å². The number of rotatable bonds is 0. The standard InChI is InChI=1S/C19H14N2/c1-12-9-13-6-4-8-16-18(13)17(10-12)21-11-14-5-2-3-7-15(14)19(21)20-16/h2-8,10-11H,9H2,1H3. The third-order valence-corrected chi connectivity index (χ3v) is 4.42. The number of hydrogen-bond acceptors (Lipinski definition) is 1. The van der Waals surface area contributed by atoms with E-state index < -0.39 is 0 Å². The molecule has 0 saturated carbocycles. The Morgan fingerprint density at radius 1 is 1.05 bits per heavy atom. The van der Waals surface area contributed by atoms with Crippen LogP contribution < -0.4 is 0 Å². The molecule has 2 heterocycles. The SMILES string of the molecule is CC1=Cc2c3c(cccc3nc3c4ccccc4cn23)C1. The van der Waals surface area contributed by atoms with Crippen molar-refractivity contribution in [2.75, 3.05) is 0 Å². The fourth-order valence-corrected chi connectivity index (χ4v) is 3.52. The zero-order valence-electron chi connectivity index (χ0n) is 11.8. The second-order valence-electron chi connectivity index (χ2n) is 5.89. The minimum absolute atomic E-state index is 1.03. The van der Waals surface area contributed by atoms with Gasteiger partial charge in [-0.25, -0.2) is 4.98 Å². The summed E-state index contributed by atoms with van der Waals surface area (Å²) in [5.41, 5.74) is 6.21. The maximum atomic E-state index is 4.93. The molecule has 0 radical (unpaired) electrons. The first-order valence-electron chi connectivity index (χ1n) is 7.30. The van der Waals surface area contributed by atoms with Crippen LogP contribution in [0.25, 0.3) is 33.4 Å². The lowest BCUT2D eigenvalue weighted by Gasteiger charge is -2.17. The first-order valence-corrected chi connectivity index (χ1v) is 7.30. The second-order valence-corrected chi connectivity index (χ2v) is 5.89. The summed E-state index contributed by atoms with van der Waals surface area (Å²) in [6, 6.07) is 14.9. The van der Waals surface area contributed by atoms with E-state index in [4.69, 9.17) is 4.98 Å². The fraction of sp³-hybridized carbons (Fsp3) is 0.105. The average Bonchev–Trinajstić information content (AvgIpc) is 2.86. The minimum atomic E-state index is 1.03. The van der Waals surface area contributed by atoms with Crippen molar-refractivity contribution in [2.24, 2.45) is 0 Å². The number of fused-ring (bicyclic) bond motifs is 4. The van der Waals surface area contributed by atoms with Gasteiger partial charge < -0.3 is 0 Å². The zero-order chi connectivity index (χ0) is 14.0. The molecular formula is C19H14N2. The molecule has 0 aliphatic heterocycles. The number of hydrogen-bond donors (Lipinski definition) is 0. The van der Waals surface area contributed by atoms with Crippen LogP contribution in [0.1, 0.15) is 18.2 Å². The van der Waals surface area contributed by atoms with E-state index in [0.29, 0.717) is 0 Å². The van der Waals surface area contributed by atoms with E-state index in [1.165, 1.54) is 33.0 Å². The summed E-state index contributed by atoms with van der Waals surface area (Å²) in [5, 5.41) is 3.77. The van der Waals surface area contributed by atoms with Gasteiger partial charge in [0.15, 0.2) is 0 Å². The lowest BCUT2D eigenvalue weighted by molar-refractivity contribution is 1.09. The third kappa shape index (κ3) is 1.39. The molecule has 0 unspecified atom stereocenters. The molecule has 100 valence electrons. The Morgan fingerprint density at radius 3 is 2.90 bits per heavy atom. The Morgan fingerprint density at radius 2 is 1.95 bits per heavy atom. The van der Waals surface area contributed by atoms with Gasteiger partial charge in [0.1, 0.15) is 5.65 Å². The van der Waals surface area contributed by atoms with Gasteiger partial charge in [0.25, 0.3) is 0 Å². The number of aromatic nitrogens is 2. The Kier molecular flexibility index (Phi) is 1.97. The predicted molar refractivity (Wildman–Crippen MR) is 87.6 cm³/mol. The highest BCUT2D eigenvalue weighted by atomic mass is 15.0. The Labute approximate surface area is 122 Å². The second kappa shape index (κ2) is 3.73. The molecule has 0 spiro atoms. The Hall–Kier alpha value is -2.61. The average molecular weight is 270 g/mol. The van der Waals surface area contributed by atoms with Crippen LogP contribution in [-0.2, 0) is 6.42 Å². The van der Waals surface area contributed by atoms with E-state index in [9.17, 15) is 0 Å². The van der Waals surface area contributed by atoms with Crippen LogP contribution in [0.5, 0.6) is 0 Å². The van der Waals surface area contributed by atoms with E-state index >= 15 is 0 Å². The van der Waals surface area contributed by atoms with Crippen molar-refractivity contribution in [3.63, 3.8) is 0 Å². The molecule has 1 aliphatic rings. The van der Waals surface area contributed by atoms with E-state index in [1.54, 1.807) is 0 Å². The summed E-state index contributed by atoms with van der Waals surface area (Å²) in [6.45, 7) is 2.21. The van der Waals surface area contributed by atoms with Crippen LogP contribution in [0.3, 0.4) is 0 Å². The van der Waals surface area contributed by atoms with Crippen LogP contribution in [-0.4, -0.2) is 9.38 Å². The van der Waals surface area contributed by atoms with Gasteiger partial charge in [-0.05, 0) is 31.1 Å². The quantitative estimate of drug-likeness (QED) is 0.456. The lowest BCUT2D eigenvalue weighted by Crippen LogP contribution is -2.03. The molecule has 2 aromatic heterocycles. The molecule has 0 N–H and O–H groups in total. The topological polar surface area (TPSA) is 17.3 Å². The van der Waals surface area contributed by atoms with Crippen LogP contribution >= 0.6 is 0 Å². The molecule has 0 atom stereocenters. The lowest BCUT2D eigenvalue weighted by atomic mass is 9.94. The first-order chi connectivity index (χ1) is 10.3. The Bertz CT molecular complexity index is 1070. The highest BCUT2D eigenvalue weighted by molar-refractivity contribution is 6.01. The van der Waals surface area contributed by atoms with Crippen molar-refractivity contribution >= 4 is 33.4 Å². The van der Waals surface area contributed by atoms with Crippen molar-refractivity contribution in [1.82, 2.24) is 9.38 Å². The first kappa shape index (κ1) is 11.1. The molecule has 0 fully saturated rings. The summed E-state index contributed by atoms with van der Waals surface area (Å²) in [4.78, 5) is 4.93.